The molecule has 43 heavy (non-hydrogen) atoms. The van der Waals surface area contributed by atoms with E-state index in [4.69, 9.17) is 9.84 Å². The first kappa shape index (κ1) is 28.0. The molecule has 0 bridgehead atoms. The highest BCUT2D eigenvalue weighted by molar-refractivity contribution is 7.19. The molecule has 0 saturated carbocycles. The number of carbonyl (C=O) groups excluding carboxylic acids is 2. The molecule has 218 valence electrons. The summed E-state index contributed by atoms with van der Waals surface area (Å²) in [5.74, 6) is 1.67. The van der Waals surface area contributed by atoms with Crippen LogP contribution < -0.4 is 20.3 Å². The Hall–Kier alpha value is -5.10. The highest BCUT2D eigenvalue weighted by Crippen LogP contribution is 2.34. The van der Waals surface area contributed by atoms with Crippen molar-refractivity contribution in [3.05, 3.63) is 84.9 Å². The molecule has 12 heteroatoms. The molecule has 6 rings (SSSR count). The van der Waals surface area contributed by atoms with Crippen LogP contribution in [0.5, 0.6) is 11.8 Å². The molecule has 4 heterocycles. The first-order valence-electron chi connectivity index (χ1n) is 14.0. The third-order valence-electron chi connectivity index (χ3n) is 6.65. The van der Waals surface area contributed by atoms with Crippen molar-refractivity contribution in [1.29, 1.82) is 0 Å². The average molecular weight is 595 g/mol. The number of benzene rings is 2. The third kappa shape index (κ3) is 6.70. The molecule has 0 radical (unpaired) electrons. The zero-order valence-electron chi connectivity index (χ0n) is 23.7. The number of nitrogens with zero attached hydrogens (tertiary/aromatic N) is 6. The number of urea groups is 1. The van der Waals surface area contributed by atoms with Crippen LogP contribution in [-0.4, -0.2) is 43.2 Å². The summed E-state index contributed by atoms with van der Waals surface area (Å²) in [6.07, 6.45) is 6.98. The topological polar surface area (TPSA) is 127 Å². The van der Waals surface area contributed by atoms with E-state index in [1.54, 1.807) is 15.8 Å². The van der Waals surface area contributed by atoms with E-state index < -0.39 is 6.03 Å². The minimum absolute atomic E-state index is 0.123. The molecule has 0 unspecified atom stereocenters. The van der Waals surface area contributed by atoms with Crippen molar-refractivity contribution >= 4 is 39.9 Å². The van der Waals surface area contributed by atoms with Crippen LogP contribution in [0.3, 0.4) is 0 Å². The number of para-hydroxylation sites is 1. The number of rotatable bonds is 9. The fraction of sp³-hybridized carbons (Fsp3) is 0.226. The van der Waals surface area contributed by atoms with Gasteiger partial charge < -0.3 is 10.1 Å². The smallest absolute Gasteiger partial charge is 0.324 e. The number of hydrogen-bond acceptors (Lipinski definition) is 8. The van der Waals surface area contributed by atoms with Gasteiger partial charge in [0, 0.05) is 25.2 Å². The molecule has 11 nitrogen and oxygen atoms in total. The zero-order valence-corrected chi connectivity index (χ0v) is 24.5. The second-order valence-electron chi connectivity index (χ2n) is 10.5. The van der Waals surface area contributed by atoms with E-state index in [1.807, 2.05) is 60.7 Å². The predicted molar refractivity (Wildman–Crippen MR) is 166 cm³/mol. The summed E-state index contributed by atoms with van der Waals surface area (Å²) in [4.78, 5) is 40.5. The van der Waals surface area contributed by atoms with Gasteiger partial charge in [-0.05, 0) is 60.7 Å². The fourth-order valence-electron chi connectivity index (χ4n) is 4.68. The van der Waals surface area contributed by atoms with Crippen LogP contribution in [0.4, 0.5) is 21.4 Å². The molecule has 0 atom stereocenters. The van der Waals surface area contributed by atoms with Gasteiger partial charge in [-0.1, -0.05) is 43.4 Å². The minimum atomic E-state index is -0.443. The van der Waals surface area contributed by atoms with Gasteiger partial charge in [-0.2, -0.15) is 5.10 Å². The van der Waals surface area contributed by atoms with Gasteiger partial charge >= 0.3 is 12.0 Å². The van der Waals surface area contributed by atoms with E-state index in [0.717, 1.165) is 46.3 Å². The molecule has 3 aromatic heterocycles. The summed E-state index contributed by atoms with van der Waals surface area (Å²) >= 11 is 1.49. The SMILES string of the molecule is CC(C)Cc1cc(NC(=O)Nc2cnc(Oc3ccc(-c4cnc(N5CCCC5=O)s4)cc3)nc2)n(-c2ccccc2)n1. The molecule has 3 amide bonds. The van der Waals surface area contributed by atoms with Gasteiger partial charge in [0.1, 0.15) is 11.6 Å². The van der Waals surface area contributed by atoms with Crippen LogP contribution in [-0.2, 0) is 11.2 Å². The lowest BCUT2D eigenvalue weighted by atomic mass is 10.1. The fourth-order valence-corrected chi connectivity index (χ4v) is 5.65. The second-order valence-corrected chi connectivity index (χ2v) is 11.5. The third-order valence-corrected chi connectivity index (χ3v) is 7.72. The monoisotopic (exact) mass is 594 g/mol. The zero-order chi connectivity index (χ0) is 29.8. The van der Waals surface area contributed by atoms with Gasteiger partial charge in [-0.15, -0.1) is 0 Å². The van der Waals surface area contributed by atoms with E-state index >= 15 is 0 Å². The van der Waals surface area contributed by atoms with Gasteiger partial charge in [0.25, 0.3) is 0 Å². The number of anilines is 3. The second kappa shape index (κ2) is 12.4. The number of amides is 3. The Morgan fingerprint density at radius 1 is 1.00 bits per heavy atom. The Labute approximate surface area is 252 Å². The van der Waals surface area contributed by atoms with Crippen molar-refractivity contribution in [2.24, 2.45) is 5.92 Å². The maximum absolute atomic E-state index is 12.8. The van der Waals surface area contributed by atoms with Crippen LogP contribution >= 0.6 is 11.3 Å². The Morgan fingerprint density at radius 2 is 1.77 bits per heavy atom. The Bertz CT molecular complexity index is 1720. The average Bonchev–Trinajstić information content (AvgIpc) is 3.75. The summed E-state index contributed by atoms with van der Waals surface area (Å²) in [6.45, 7) is 4.97. The van der Waals surface area contributed by atoms with Gasteiger partial charge in [0.15, 0.2) is 5.13 Å². The molecule has 5 aromatic rings. The lowest BCUT2D eigenvalue weighted by molar-refractivity contribution is -0.117. The molecule has 2 N–H and O–H groups in total. The Morgan fingerprint density at radius 3 is 2.47 bits per heavy atom. The maximum Gasteiger partial charge on any atom is 0.324 e. The quantitative estimate of drug-likeness (QED) is 0.198. The van der Waals surface area contributed by atoms with Crippen molar-refractivity contribution in [3.8, 4) is 27.9 Å². The lowest BCUT2D eigenvalue weighted by Gasteiger charge is -2.10. The highest BCUT2D eigenvalue weighted by atomic mass is 32.1. The van der Waals surface area contributed by atoms with Gasteiger partial charge in [0.05, 0.1) is 34.3 Å². The van der Waals surface area contributed by atoms with E-state index in [1.165, 1.54) is 23.7 Å². The molecular formula is C31H30N8O3S. The van der Waals surface area contributed by atoms with Crippen LogP contribution in [0.25, 0.3) is 16.1 Å². The molecule has 1 saturated heterocycles. The van der Waals surface area contributed by atoms with Crippen LogP contribution in [0.2, 0.25) is 0 Å². The molecule has 0 aliphatic carbocycles. The van der Waals surface area contributed by atoms with Crippen molar-refractivity contribution in [1.82, 2.24) is 24.7 Å². The number of ether oxygens (including phenoxy) is 1. The van der Waals surface area contributed by atoms with E-state index in [-0.39, 0.29) is 11.9 Å². The van der Waals surface area contributed by atoms with Crippen LogP contribution in [0, 0.1) is 5.92 Å². The maximum atomic E-state index is 12.8. The number of carbonyl (C=O) groups is 2. The summed E-state index contributed by atoms with van der Waals surface area (Å²) in [5.41, 5.74) is 3.12. The summed E-state index contributed by atoms with van der Waals surface area (Å²) < 4.78 is 7.52. The summed E-state index contributed by atoms with van der Waals surface area (Å²) in [5, 5.41) is 11.1. The van der Waals surface area contributed by atoms with E-state index in [2.05, 4.69) is 39.4 Å². The lowest BCUT2D eigenvalue weighted by Crippen LogP contribution is -2.23. The molecule has 1 fully saturated rings. The number of thiazole rings is 1. The molecule has 1 aliphatic rings. The normalized spacial score (nSPS) is 13.0. The molecule has 0 spiro atoms. The van der Waals surface area contributed by atoms with Gasteiger partial charge in [0.2, 0.25) is 5.91 Å². The van der Waals surface area contributed by atoms with Crippen LogP contribution in [0.15, 0.2) is 79.3 Å². The van der Waals surface area contributed by atoms with E-state index in [9.17, 15) is 9.59 Å². The number of nitrogens with one attached hydrogen (secondary N) is 2. The predicted octanol–water partition coefficient (Wildman–Crippen LogP) is 6.55. The van der Waals surface area contributed by atoms with Crippen molar-refractivity contribution in [2.75, 3.05) is 22.1 Å². The largest absolute Gasteiger partial charge is 0.424 e. The summed E-state index contributed by atoms with van der Waals surface area (Å²) in [7, 11) is 0. The number of aromatic nitrogens is 5. The van der Waals surface area contributed by atoms with E-state index in [0.29, 0.717) is 29.6 Å². The van der Waals surface area contributed by atoms with Crippen LogP contribution in [0.1, 0.15) is 32.4 Å². The van der Waals surface area contributed by atoms with Gasteiger partial charge in [-0.25, -0.2) is 24.4 Å². The summed E-state index contributed by atoms with van der Waals surface area (Å²) in [6, 6.07) is 18.7. The highest BCUT2D eigenvalue weighted by Gasteiger charge is 2.24. The Kier molecular flexibility index (Phi) is 8.09. The standard InChI is InChI=1S/C31H30N8O3S/c1-20(2)15-22-16-27(39(37-22)24-7-4-3-5-8-24)36-29(41)35-23-17-32-30(33-18-23)42-25-12-10-21(11-13-25)26-19-34-31(43-26)38-14-6-9-28(38)40/h3-5,7-8,10-13,16-20H,6,9,14-15H2,1-2H3,(H2,35,36,41). The van der Waals surface area contributed by atoms with Gasteiger partial charge in [-0.3, -0.25) is 15.0 Å². The van der Waals surface area contributed by atoms with Crippen molar-refractivity contribution in [3.63, 3.8) is 0 Å². The first-order valence-corrected chi connectivity index (χ1v) is 14.8. The Balaban J connectivity index is 1.07. The first-order chi connectivity index (χ1) is 20.9. The molecule has 1 aliphatic heterocycles. The van der Waals surface area contributed by atoms with Crippen molar-refractivity contribution < 1.29 is 14.3 Å². The molecule has 2 aromatic carbocycles. The molecular weight excluding hydrogens is 564 g/mol. The minimum Gasteiger partial charge on any atom is -0.424 e. The number of hydrogen-bond donors (Lipinski definition) is 2. The van der Waals surface area contributed by atoms with Crippen molar-refractivity contribution in [2.45, 2.75) is 33.1 Å².